The first-order valence-corrected chi connectivity index (χ1v) is 6.73. The summed E-state index contributed by atoms with van der Waals surface area (Å²) in [5.41, 5.74) is 5.72. The van der Waals surface area contributed by atoms with E-state index in [1.54, 1.807) is 18.8 Å². The lowest BCUT2D eigenvalue weighted by Gasteiger charge is -2.31. The zero-order valence-corrected chi connectivity index (χ0v) is 11.4. The molecule has 4 heteroatoms. The van der Waals surface area contributed by atoms with Crippen LogP contribution in [0.2, 0.25) is 0 Å². The van der Waals surface area contributed by atoms with Crippen molar-refractivity contribution in [1.82, 2.24) is 5.32 Å². The summed E-state index contributed by atoms with van der Waals surface area (Å²) in [4.78, 5) is 11.8. The SMILES string of the molecule is CNC(CSC(C)C)(C(N)=O)c1ccccc1. The summed E-state index contributed by atoms with van der Waals surface area (Å²) >= 11 is 1.72. The van der Waals surface area contributed by atoms with E-state index in [0.29, 0.717) is 11.0 Å². The summed E-state index contributed by atoms with van der Waals surface area (Å²) in [5, 5.41) is 3.55. The fraction of sp³-hybridized carbons (Fsp3) is 0.462. The maximum Gasteiger partial charge on any atom is 0.243 e. The molecule has 0 saturated heterocycles. The van der Waals surface area contributed by atoms with E-state index in [1.165, 1.54) is 0 Å². The first-order chi connectivity index (χ1) is 8.03. The molecule has 0 radical (unpaired) electrons. The van der Waals surface area contributed by atoms with Gasteiger partial charge in [0.25, 0.3) is 0 Å². The summed E-state index contributed by atoms with van der Waals surface area (Å²) in [6, 6.07) is 9.64. The number of nitrogens with two attached hydrogens (primary N) is 1. The highest BCUT2D eigenvalue weighted by Crippen LogP contribution is 2.27. The molecule has 0 spiro atoms. The van der Waals surface area contributed by atoms with Crippen molar-refractivity contribution < 1.29 is 4.79 Å². The lowest BCUT2D eigenvalue weighted by molar-refractivity contribution is -0.123. The van der Waals surface area contributed by atoms with E-state index < -0.39 is 5.54 Å². The summed E-state index contributed by atoms with van der Waals surface area (Å²) in [6.07, 6.45) is 0. The van der Waals surface area contributed by atoms with Crippen LogP contribution in [0.1, 0.15) is 19.4 Å². The van der Waals surface area contributed by atoms with E-state index in [-0.39, 0.29) is 5.91 Å². The third-order valence-electron chi connectivity index (χ3n) is 2.75. The minimum Gasteiger partial charge on any atom is -0.368 e. The monoisotopic (exact) mass is 252 g/mol. The van der Waals surface area contributed by atoms with Crippen molar-refractivity contribution in [1.29, 1.82) is 0 Å². The summed E-state index contributed by atoms with van der Waals surface area (Å²) in [6.45, 7) is 4.22. The number of benzene rings is 1. The molecule has 3 N–H and O–H groups in total. The van der Waals surface area contributed by atoms with Crippen molar-refractivity contribution in [2.75, 3.05) is 12.8 Å². The maximum atomic E-state index is 11.8. The van der Waals surface area contributed by atoms with Gasteiger partial charge in [0.15, 0.2) is 0 Å². The summed E-state index contributed by atoms with van der Waals surface area (Å²) in [5.74, 6) is 0.305. The van der Waals surface area contributed by atoms with Crippen molar-refractivity contribution in [2.24, 2.45) is 5.73 Å². The van der Waals surface area contributed by atoms with Crippen molar-refractivity contribution in [3.8, 4) is 0 Å². The zero-order valence-electron chi connectivity index (χ0n) is 10.6. The molecule has 1 unspecified atom stereocenters. The molecule has 0 fully saturated rings. The van der Waals surface area contributed by atoms with Gasteiger partial charge in [-0.15, -0.1) is 0 Å². The van der Waals surface area contributed by atoms with Gasteiger partial charge in [-0.1, -0.05) is 44.2 Å². The van der Waals surface area contributed by atoms with E-state index in [2.05, 4.69) is 19.2 Å². The molecule has 0 saturated carbocycles. The minimum atomic E-state index is -0.782. The van der Waals surface area contributed by atoms with Gasteiger partial charge in [-0.25, -0.2) is 0 Å². The van der Waals surface area contributed by atoms with E-state index in [1.807, 2.05) is 30.3 Å². The molecule has 1 aromatic carbocycles. The molecule has 1 amide bonds. The van der Waals surface area contributed by atoms with Crippen molar-refractivity contribution in [3.63, 3.8) is 0 Å². The molecule has 0 heterocycles. The minimum absolute atomic E-state index is 0.334. The van der Waals surface area contributed by atoms with E-state index >= 15 is 0 Å². The van der Waals surface area contributed by atoms with Gasteiger partial charge in [-0.3, -0.25) is 4.79 Å². The van der Waals surface area contributed by atoms with E-state index in [0.717, 1.165) is 5.56 Å². The first-order valence-electron chi connectivity index (χ1n) is 5.69. The molecule has 1 aromatic rings. The number of carbonyl (C=O) groups excluding carboxylic acids is 1. The van der Waals surface area contributed by atoms with Crippen LogP contribution in [0.5, 0.6) is 0 Å². The first kappa shape index (κ1) is 14.1. The number of carbonyl (C=O) groups is 1. The Morgan fingerprint density at radius 3 is 2.41 bits per heavy atom. The average molecular weight is 252 g/mol. The molecule has 3 nitrogen and oxygen atoms in total. The standard InChI is InChI=1S/C13H20N2OS/c1-10(2)17-9-13(15-3,12(14)16)11-7-5-4-6-8-11/h4-8,10,15H,9H2,1-3H3,(H2,14,16). The van der Waals surface area contributed by atoms with Crippen LogP contribution in [-0.4, -0.2) is 24.0 Å². The number of hydrogen-bond donors (Lipinski definition) is 2. The van der Waals surface area contributed by atoms with Crippen LogP contribution in [0.3, 0.4) is 0 Å². The van der Waals surface area contributed by atoms with Crippen LogP contribution >= 0.6 is 11.8 Å². The van der Waals surface area contributed by atoms with Crippen molar-refractivity contribution >= 4 is 17.7 Å². The Bertz CT molecular complexity index is 367. The third-order valence-corrected chi connectivity index (χ3v) is 4.01. The Kier molecular flexibility index (Phi) is 5.02. The van der Waals surface area contributed by atoms with Crippen molar-refractivity contribution in [2.45, 2.75) is 24.6 Å². The molecule has 94 valence electrons. The molecular weight excluding hydrogens is 232 g/mol. The van der Waals surface area contributed by atoms with Gasteiger partial charge in [0, 0.05) is 5.75 Å². The zero-order chi connectivity index (χ0) is 12.9. The van der Waals surface area contributed by atoms with E-state index in [4.69, 9.17) is 5.73 Å². The van der Waals surface area contributed by atoms with Gasteiger partial charge in [0.1, 0.15) is 5.54 Å². The third kappa shape index (κ3) is 3.23. The van der Waals surface area contributed by atoms with Crippen LogP contribution in [-0.2, 0) is 10.3 Å². The molecular formula is C13H20N2OS. The quantitative estimate of drug-likeness (QED) is 0.810. The average Bonchev–Trinajstić information content (AvgIpc) is 2.31. The predicted molar refractivity (Wildman–Crippen MR) is 74.0 cm³/mol. The summed E-state index contributed by atoms with van der Waals surface area (Å²) < 4.78 is 0. The molecule has 0 aromatic heterocycles. The normalized spacial score (nSPS) is 14.6. The highest BCUT2D eigenvalue weighted by atomic mass is 32.2. The number of thioether (sulfide) groups is 1. The van der Waals surface area contributed by atoms with E-state index in [9.17, 15) is 4.79 Å². The van der Waals surface area contributed by atoms with Gasteiger partial charge in [-0.05, 0) is 17.9 Å². The molecule has 1 rings (SSSR count). The summed E-state index contributed by atoms with van der Waals surface area (Å²) in [7, 11) is 1.78. The highest BCUT2D eigenvalue weighted by molar-refractivity contribution is 7.99. The van der Waals surface area contributed by atoms with Gasteiger partial charge < -0.3 is 11.1 Å². The Labute approximate surface area is 107 Å². The van der Waals surface area contributed by atoms with Crippen LogP contribution in [0.4, 0.5) is 0 Å². The Balaban J connectivity index is 3.05. The smallest absolute Gasteiger partial charge is 0.243 e. The molecule has 0 bridgehead atoms. The fourth-order valence-electron chi connectivity index (χ4n) is 1.65. The maximum absolute atomic E-state index is 11.8. The molecule has 17 heavy (non-hydrogen) atoms. The molecule has 0 aliphatic carbocycles. The fourth-order valence-corrected chi connectivity index (χ4v) is 2.69. The lowest BCUT2D eigenvalue weighted by atomic mass is 9.91. The molecule has 0 aliphatic heterocycles. The Hall–Kier alpha value is -1.00. The van der Waals surface area contributed by atoms with Gasteiger partial charge in [0.2, 0.25) is 5.91 Å². The van der Waals surface area contributed by atoms with Gasteiger partial charge in [-0.2, -0.15) is 11.8 Å². The van der Waals surface area contributed by atoms with Gasteiger partial charge >= 0.3 is 0 Å². The number of nitrogens with one attached hydrogen (secondary N) is 1. The second kappa shape index (κ2) is 6.07. The highest BCUT2D eigenvalue weighted by Gasteiger charge is 2.36. The number of amides is 1. The number of likely N-dealkylation sites (N-methyl/N-ethyl adjacent to an activating group) is 1. The van der Waals surface area contributed by atoms with Gasteiger partial charge in [0.05, 0.1) is 0 Å². The van der Waals surface area contributed by atoms with Crippen LogP contribution in [0, 0.1) is 0 Å². The van der Waals surface area contributed by atoms with Crippen LogP contribution in [0.25, 0.3) is 0 Å². The van der Waals surface area contributed by atoms with Crippen LogP contribution in [0.15, 0.2) is 30.3 Å². The molecule has 1 atom stereocenters. The molecule has 0 aliphatic rings. The Morgan fingerprint density at radius 2 is 2.00 bits per heavy atom. The number of primary amides is 1. The predicted octanol–water partition coefficient (Wildman–Crippen LogP) is 1.73. The lowest BCUT2D eigenvalue weighted by Crippen LogP contribution is -2.53. The Morgan fingerprint density at radius 1 is 1.41 bits per heavy atom. The second-order valence-electron chi connectivity index (χ2n) is 4.25. The second-order valence-corrected chi connectivity index (χ2v) is 5.81. The number of hydrogen-bond acceptors (Lipinski definition) is 3. The topological polar surface area (TPSA) is 55.1 Å². The largest absolute Gasteiger partial charge is 0.368 e. The van der Waals surface area contributed by atoms with Crippen LogP contribution < -0.4 is 11.1 Å². The number of rotatable bonds is 6. The van der Waals surface area contributed by atoms with Crippen molar-refractivity contribution in [3.05, 3.63) is 35.9 Å².